The van der Waals surface area contributed by atoms with Crippen LogP contribution in [0.2, 0.25) is 0 Å². The van der Waals surface area contributed by atoms with E-state index in [-0.39, 0.29) is 17.7 Å². The molecule has 0 aromatic rings. The molecule has 0 heterocycles. The van der Waals surface area contributed by atoms with Crippen LogP contribution >= 0.6 is 0 Å². The first-order valence-electron chi connectivity index (χ1n) is 4.78. The van der Waals surface area contributed by atoms with E-state index in [0.717, 1.165) is 19.3 Å². The molecule has 2 N–H and O–H groups in total. The molecule has 0 radical (unpaired) electrons. The molecule has 1 rings (SSSR count). The fourth-order valence-electron chi connectivity index (χ4n) is 1.91. The van der Waals surface area contributed by atoms with Gasteiger partial charge in [-0.15, -0.1) is 0 Å². The fourth-order valence-corrected chi connectivity index (χ4v) is 1.91. The Labute approximate surface area is 83.0 Å². The molecule has 0 saturated heterocycles. The molecular weight excluding hydrogens is 182 g/mol. The molecule has 0 aliphatic heterocycles. The molecule has 1 aliphatic rings. The summed E-state index contributed by atoms with van der Waals surface area (Å²) in [5.41, 5.74) is 0. The van der Waals surface area contributed by atoms with Gasteiger partial charge in [-0.1, -0.05) is 13.0 Å². The molecule has 0 spiro atoms. The lowest BCUT2D eigenvalue weighted by molar-refractivity contribution is -0.143. The van der Waals surface area contributed by atoms with Crippen molar-refractivity contribution in [3.05, 3.63) is 12.7 Å². The predicted molar refractivity (Wildman–Crippen MR) is 51.7 cm³/mol. The average Bonchev–Trinajstić information content (AvgIpc) is 2.62. The summed E-state index contributed by atoms with van der Waals surface area (Å²) < 4.78 is 0. The quantitative estimate of drug-likeness (QED) is 0.655. The van der Waals surface area contributed by atoms with Crippen LogP contribution in [0.3, 0.4) is 0 Å². The maximum atomic E-state index is 10.9. The van der Waals surface area contributed by atoms with Crippen LogP contribution in [0, 0.1) is 11.8 Å². The van der Waals surface area contributed by atoms with Crippen LogP contribution in [-0.4, -0.2) is 23.5 Å². The van der Waals surface area contributed by atoms with Crippen LogP contribution < -0.4 is 5.32 Å². The van der Waals surface area contributed by atoms with Crippen molar-refractivity contribution in [3.63, 3.8) is 0 Å². The van der Waals surface area contributed by atoms with E-state index < -0.39 is 5.97 Å². The lowest BCUT2D eigenvalue weighted by Gasteiger charge is -2.15. The highest BCUT2D eigenvalue weighted by Gasteiger charge is 2.32. The third-order valence-corrected chi connectivity index (χ3v) is 2.70. The minimum atomic E-state index is -0.750. The maximum Gasteiger partial charge on any atom is 0.306 e. The molecular formula is C10H15NO3. The molecule has 78 valence electrons. The Bertz CT molecular complexity index is 250. The van der Waals surface area contributed by atoms with Crippen molar-refractivity contribution in [2.75, 3.05) is 6.54 Å². The average molecular weight is 197 g/mol. The Kier molecular flexibility index (Phi) is 3.68. The summed E-state index contributed by atoms with van der Waals surface area (Å²) in [6, 6.07) is 0. The van der Waals surface area contributed by atoms with E-state index in [1.165, 1.54) is 6.08 Å². The highest BCUT2D eigenvalue weighted by molar-refractivity contribution is 5.86. The lowest BCUT2D eigenvalue weighted by atomic mass is 9.96. The van der Waals surface area contributed by atoms with Crippen molar-refractivity contribution in [3.8, 4) is 0 Å². The van der Waals surface area contributed by atoms with Crippen LogP contribution in [0.15, 0.2) is 12.7 Å². The predicted octanol–water partition coefficient (Wildman–Crippen LogP) is 0.790. The van der Waals surface area contributed by atoms with E-state index in [4.69, 9.17) is 5.11 Å². The third-order valence-electron chi connectivity index (χ3n) is 2.70. The summed E-state index contributed by atoms with van der Waals surface area (Å²) >= 11 is 0. The number of carboxylic acid groups (broad SMARTS) is 1. The second-order valence-electron chi connectivity index (χ2n) is 3.58. The summed E-state index contributed by atoms with van der Waals surface area (Å²) in [5.74, 6) is -1.20. The second-order valence-corrected chi connectivity index (χ2v) is 3.58. The monoisotopic (exact) mass is 197 g/mol. The number of aliphatic carboxylic acids is 1. The van der Waals surface area contributed by atoms with E-state index in [2.05, 4.69) is 11.9 Å². The summed E-state index contributed by atoms with van der Waals surface area (Å²) in [7, 11) is 0. The molecule has 1 saturated carbocycles. The Balaban J connectivity index is 2.39. The number of rotatable bonds is 4. The van der Waals surface area contributed by atoms with E-state index in [1.54, 1.807) is 0 Å². The standard InChI is InChI=1S/C10H15NO3/c1-2-9(12)11-6-7-4-3-5-8(7)10(13)14/h2,7-8H,1,3-6H2,(H,11,12)(H,13,14). The van der Waals surface area contributed by atoms with Crippen LogP contribution in [-0.2, 0) is 9.59 Å². The van der Waals surface area contributed by atoms with Gasteiger partial charge in [-0.2, -0.15) is 0 Å². The van der Waals surface area contributed by atoms with E-state index >= 15 is 0 Å². The molecule has 2 unspecified atom stereocenters. The van der Waals surface area contributed by atoms with Gasteiger partial charge >= 0.3 is 5.97 Å². The Morgan fingerprint density at radius 1 is 1.50 bits per heavy atom. The van der Waals surface area contributed by atoms with Gasteiger partial charge in [-0.3, -0.25) is 9.59 Å². The van der Waals surface area contributed by atoms with Crippen molar-refractivity contribution in [2.45, 2.75) is 19.3 Å². The van der Waals surface area contributed by atoms with Gasteiger partial charge in [0.2, 0.25) is 5.91 Å². The smallest absolute Gasteiger partial charge is 0.306 e. The summed E-state index contributed by atoms with van der Waals surface area (Å²) in [4.78, 5) is 21.7. The largest absolute Gasteiger partial charge is 0.481 e. The van der Waals surface area contributed by atoms with Gasteiger partial charge in [0.05, 0.1) is 5.92 Å². The SMILES string of the molecule is C=CC(=O)NCC1CCCC1C(=O)O. The van der Waals surface area contributed by atoms with Crippen LogP contribution in [0.5, 0.6) is 0 Å². The zero-order valence-electron chi connectivity index (χ0n) is 8.03. The summed E-state index contributed by atoms with van der Waals surface area (Å²) in [5, 5.41) is 11.5. The normalized spacial score (nSPS) is 25.7. The molecule has 0 aromatic carbocycles. The van der Waals surface area contributed by atoms with Crippen molar-refractivity contribution in [1.82, 2.24) is 5.32 Å². The highest BCUT2D eigenvalue weighted by Crippen LogP contribution is 2.31. The fraction of sp³-hybridized carbons (Fsp3) is 0.600. The molecule has 4 heteroatoms. The zero-order valence-corrected chi connectivity index (χ0v) is 8.03. The van der Waals surface area contributed by atoms with Crippen molar-refractivity contribution in [1.29, 1.82) is 0 Å². The second kappa shape index (κ2) is 4.79. The molecule has 1 fully saturated rings. The first kappa shape index (κ1) is 10.8. The number of carboxylic acids is 1. The Morgan fingerprint density at radius 2 is 2.21 bits per heavy atom. The maximum absolute atomic E-state index is 10.9. The van der Waals surface area contributed by atoms with Gasteiger partial charge < -0.3 is 10.4 Å². The third kappa shape index (κ3) is 2.58. The van der Waals surface area contributed by atoms with Crippen LogP contribution in [0.25, 0.3) is 0 Å². The minimum absolute atomic E-state index is 0.0800. The number of nitrogens with one attached hydrogen (secondary N) is 1. The van der Waals surface area contributed by atoms with Crippen molar-refractivity contribution < 1.29 is 14.7 Å². The highest BCUT2D eigenvalue weighted by atomic mass is 16.4. The molecule has 0 aromatic heterocycles. The number of hydrogen-bond acceptors (Lipinski definition) is 2. The summed E-state index contributed by atoms with van der Waals surface area (Å²) in [6.45, 7) is 3.78. The zero-order chi connectivity index (χ0) is 10.6. The first-order valence-corrected chi connectivity index (χ1v) is 4.78. The number of carbonyl (C=O) groups is 2. The van der Waals surface area contributed by atoms with Crippen molar-refractivity contribution in [2.24, 2.45) is 11.8 Å². The van der Waals surface area contributed by atoms with Crippen molar-refractivity contribution >= 4 is 11.9 Å². The lowest BCUT2D eigenvalue weighted by Crippen LogP contribution is -2.31. The molecule has 1 amide bonds. The van der Waals surface area contributed by atoms with E-state index in [1.807, 2.05) is 0 Å². The van der Waals surface area contributed by atoms with Gasteiger partial charge in [-0.05, 0) is 24.8 Å². The van der Waals surface area contributed by atoms with E-state index in [9.17, 15) is 9.59 Å². The number of amides is 1. The molecule has 1 aliphatic carbocycles. The Hall–Kier alpha value is -1.32. The topological polar surface area (TPSA) is 66.4 Å². The minimum Gasteiger partial charge on any atom is -0.481 e. The van der Waals surface area contributed by atoms with Gasteiger partial charge in [0.25, 0.3) is 0 Å². The Morgan fingerprint density at radius 3 is 2.79 bits per heavy atom. The molecule has 4 nitrogen and oxygen atoms in total. The van der Waals surface area contributed by atoms with Crippen LogP contribution in [0.1, 0.15) is 19.3 Å². The van der Waals surface area contributed by atoms with Gasteiger partial charge in [-0.25, -0.2) is 0 Å². The molecule has 0 bridgehead atoms. The van der Waals surface area contributed by atoms with Gasteiger partial charge in [0.1, 0.15) is 0 Å². The van der Waals surface area contributed by atoms with Crippen LogP contribution in [0.4, 0.5) is 0 Å². The number of hydrogen-bond donors (Lipinski definition) is 2. The molecule has 14 heavy (non-hydrogen) atoms. The summed E-state index contributed by atoms with van der Waals surface area (Å²) in [6.07, 6.45) is 3.74. The number of carbonyl (C=O) groups excluding carboxylic acids is 1. The first-order chi connectivity index (χ1) is 6.65. The van der Waals surface area contributed by atoms with E-state index in [0.29, 0.717) is 6.54 Å². The molecule has 2 atom stereocenters. The van der Waals surface area contributed by atoms with Gasteiger partial charge in [0.15, 0.2) is 0 Å². The van der Waals surface area contributed by atoms with Gasteiger partial charge in [0, 0.05) is 6.54 Å².